The molecule has 0 saturated heterocycles. The average molecular weight is 234 g/mol. The normalized spacial score (nSPS) is 10.6. The molecule has 17 heavy (non-hydrogen) atoms. The van der Waals surface area contributed by atoms with Crippen LogP contribution in [0.15, 0.2) is 18.2 Å². The quantitative estimate of drug-likeness (QED) is 0.779. The minimum Gasteiger partial charge on any atom is -0.545 e. The summed E-state index contributed by atoms with van der Waals surface area (Å²) in [7, 11) is 3.89. The summed E-state index contributed by atoms with van der Waals surface area (Å²) >= 11 is 0. The number of carbonyl (C=O) groups is 1. The number of benzene rings is 1. The average Bonchev–Trinajstić information content (AvgIpc) is 2.25. The minimum absolute atomic E-state index is 0.316. The maximum atomic E-state index is 11.0. The van der Waals surface area contributed by atoms with E-state index < -0.39 is 5.97 Å². The lowest BCUT2D eigenvalue weighted by Gasteiger charge is -2.17. The summed E-state index contributed by atoms with van der Waals surface area (Å²) < 4.78 is 0. The van der Waals surface area contributed by atoms with Crippen LogP contribution in [0.1, 0.15) is 36.2 Å². The highest BCUT2D eigenvalue weighted by Crippen LogP contribution is 2.20. The lowest BCUT2D eigenvalue weighted by Crippen LogP contribution is -2.24. The highest BCUT2D eigenvalue weighted by atomic mass is 16.4. The molecule has 0 bridgehead atoms. The highest BCUT2D eigenvalue weighted by Gasteiger charge is 2.07. The molecule has 3 heteroatoms. The number of rotatable bonds is 5. The van der Waals surface area contributed by atoms with Crippen LogP contribution < -0.4 is 10.0 Å². The van der Waals surface area contributed by atoms with Crippen LogP contribution in [0.3, 0.4) is 0 Å². The van der Waals surface area contributed by atoms with Gasteiger partial charge in [0, 0.05) is 25.3 Å². The first-order valence-electron chi connectivity index (χ1n) is 5.93. The van der Waals surface area contributed by atoms with Gasteiger partial charge in [0.1, 0.15) is 0 Å². The molecular formula is C14H20NO2-. The molecule has 94 valence electrons. The van der Waals surface area contributed by atoms with Gasteiger partial charge in [0.15, 0.2) is 0 Å². The Morgan fingerprint density at radius 3 is 2.47 bits per heavy atom. The van der Waals surface area contributed by atoms with Crippen molar-refractivity contribution in [1.29, 1.82) is 0 Å². The van der Waals surface area contributed by atoms with Crippen LogP contribution in [0.25, 0.3) is 0 Å². The predicted molar refractivity (Wildman–Crippen MR) is 68.3 cm³/mol. The first-order valence-corrected chi connectivity index (χ1v) is 5.93. The van der Waals surface area contributed by atoms with E-state index in [4.69, 9.17) is 0 Å². The Morgan fingerprint density at radius 2 is 2.00 bits per heavy atom. The first kappa shape index (κ1) is 13.6. The molecule has 0 amide bonds. The van der Waals surface area contributed by atoms with Gasteiger partial charge in [-0.15, -0.1) is 0 Å². The van der Waals surface area contributed by atoms with Crippen LogP contribution in [0.4, 0.5) is 5.69 Å². The van der Waals surface area contributed by atoms with Crippen LogP contribution in [-0.2, 0) is 6.42 Å². The van der Waals surface area contributed by atoms with Gasteiger partial charge in [-0.2, -0.15) is 0 Å². The largest absolute Gasteiger partial charge is 0.545 e. The van der Waals surface area contributed by atoms with Gasteiger partial charge >= 0.3 is 0 Å². The monoisotopic (exact) mass is 234 g/mol. The third-order valence-electron chi connectivity index (χ3n) is 2.82. The van der Waals surface area contributed by atoms with Gasteiger partial charge in [0.05, 0.1) is 5.97 Å². The zero-order valence-electron chi connectivity index (χ0n) is 11.0. The predicted octanol–water partition coefficient (Wildman–Crippen LogP) is 1.70. The molecule has 0 saturated carbocycles. The molecule has 0 fully saturated rings. The van der Waals surface area contributed by atoms with Crippen molar-refractivity contribution in [1.82, 2.24) is 0 Å². The number of nitrogens with zero attached hydrogens (tertiary/aromatic N) is 1. The summed E-state index contributed by atoms with van der Waals surface area (Å²) in [5, 5.41) is 11.0. The second-order valence-corrected chi connectivity index (χ2v) is 4.96. The van der Waals surface area contributed by atoms with Crippen molar-refractivity contribution < 1.29 is 9.90 Å². The zero-order valence-corrected chi connectivity index (χ0v) is 11.0. The van der Waals surface area contributed by atoms with Gasteiger partial charge in [-0.3, -0.25) is 0 Å². The summed E-state index contributed by atoms with van der Waals surface area (Å²) in [4.78, 5) is 13.0. The molecule has 0 N–H and O–H groups in total. The van der Waals surface area contributed by atoms with Crippen LogP contribution in [-0.4, -0.2) is 20.1 Å². The van der Waals surface area contributed by atoms with Crippen LogP contribution >= 0.6 is 0 Å². The maximum Gasteiger partial charge on any atom is 0.0718 e. The molecule has 0 heterocycles. The van der Waals surface area contributed by atoms with E-state index in [9.17, 15) is 9.90 Å². The van der Waals surface area contributed by atoms with Gasteiger partial charge in [-0.1, -0.05) is 19.9 Å². The topological polar surface area (TPSA) is 43.4 Å². The fraction of sp³-hybridized carbons (Fsp3) is 0.500. The third kappa shape index (κ3) is 3.77. The summed E-state index contributed by atoms with van der Waals surface area (Å²) in [6.45, 7) is 4.27. The molecule has 0 unspecified atom stereocenters. The molecule has 0 radical (unpaired) electrons. The molecule has 3 nitrogen and oxygen atoms in total. The van der Waals surface area contributed by atoms with Crippen molar-refractivity contribution in [2.24, 2.45) is 5.92 Å². The van der Waals surface area contributed by atoms with Gasteiger partial charge in [-0.05, 0) is 36.5 Å². The number of aryl methyl sites for hydroxylation is 1. The lowest BCUT2D eigenvalue weighted by atomic mass is 9.98. The van der Waals surface area contributed by atoms with E-state index in [1.807, 2.05) is 31.1 Å². The van der Waals surface area contributed by atoms with Crippen LogP contribution in [0.2, 0.25) is 0 Å². The smallest absolute Gasteiger partial charge is 0.0718 e. The third-order valence-corrected chi connectivity index (χ3v) is 2.82. The van der Waals surface area contributed by atoms with E-state index >= 15 is 0 Å². The van der Waals surface area contributed by atoms with E-state index in [1.165, 1.54) is 0 Å². The standard InChI is InChI=1S/C14H21NO2/c1-10(2)5-6-11-9-12(15(3)4)7-8-13(11)14(16)17/h7-10H,5-6H2,1-4H3,(H,16,17)/p-1. The minimum atomic E-state index is -1.09. The Bertz CT molecular complexity index is 397. The van der Waals surface area contributed by atoms with E-state index in [2.05, 4.69) is 13.8 Å². The zero-order chi connectivity index (χ0) is 13.0. The molecule has 0 aliphatic rings. The molecule has 0 spiro atoms. The van der Waals surface area contributed by atoms with Crippen molar-refractivity contribution in [3.8, 4) is 0 Å². The summed E-state index contributed by atoms with van der Waals surface area (Å²) in [5.41, 5.74) is 2.20. The Labute approximate surface area is 103 Å². The van der Waals surface area contributed by atoms with Crippen molar-refractivity contribution in [2.45, 2.75) is 26.7 Å². The van der Waals surface area contributed by atoms with E-state index in [1.54, 1.807) is 6.07 Å². The molecule has 0 aromatic heterocycles. The molecule has 1 aromatic rings. The maximum absolute atomic E-state index is 11.0. The molecule has 1 rings (SSSR count). The lowest BCUT2D eigenvalue weighted by molar-refractivity contribution is -0.255. The number of carboxylic acid groups (broad SMARTS) is 1. The Hall–Kier alpha value is -1.51. The van der Waals surface area contributed by atoms with Gasteiger partial charge in [0.25, 0.3) is 0 Å². The summed E-state index contributed by atoms with van der Waals surface area (Å²) in [5.74, 6) is -0.526. The summed E-state index contributed by atoms with van der Waals surface area (Å²) in [6, 6.07) is 5.39. The number of hydrogen-bond acceptors (Lipinski definition) is 3. The Morgan fingerprint density at radius 1 is 1.35 bits per heavy atom. The Kier molecular flexibility index (Phi) is 4.55. The fourth-order valence-electron chi connectivity index (χ4n) is 1.71. The molecule has 0 atom stereocenters. The van der Waals surface area contributed by atoms with Crippen molar-refractivity contribution in [3.05, 3.63) is 29.3 Å². The van der Waals surface area contributed by atoms with E-state index in [-0.39, 0.29) is 0 Å². The van der Waals surface area contributed by atoms with Crippen LogP contribution in [0, 0.1) is 5.92 Å². The van der Waals surface area contributed by atoms with Crippen molar-refractivity contribution >= 4 is 11.7 Å². The number of aromatic carboxylic acids is 1. The van der Waals surface area contributed by atoms with Crippen molar-refractivity contribution in [3.63, 3.8) is 0 Å². The molecule has 0 aliphatic heterocycles. The number of hydrogen-bond donors (Lipinski definition) is 0. The molecular weight excluding hydrogens is 214 g/mol. The van der Waals surface area contributed by atoms with E-state index in [0.717, 1.165) is 24.1 Å². The second kappa shape index (κ2) is 5.71. The summed E-state index contributed by atoms with van der Waals surface area (Å²) in [6.07, 6.45) is 1.76. The SMILES string of the molecule is CC(C)CCc1cc(N(C)C)ccc1C(=O)[O-]. The number of anilines is 1. The number of carbonyl (C=O) groups excluding carboxylic acids is 1. The molecule has 1 aromatic carbocycles. The first-order chi connectivity index (χ1) is 7.91. The number of carboxylic acids is 1. The van der Waals surface area contributed by atoms with Crippen LogP contribution in [0.5, 0.6) is 0 Å². The van der Waals surface area contributed by atoms with Crippen molar-refractivity contribution in [2.75, 3.05) is 19.0 Å². The van der Waals surface area contributed by atoms with E-state index in [0.29, 0.717) is 11.5 Å². The second-order valence-electron chi connectivity index (χ2n) is 4.96. The molecule has 0 aliphatic carbocycles. The van der Waals surface area contributed by atoms with Gasteiger partial charge < -0.3 is 14.8 Å². The Balaban J connectivity index is 3.02. The fourth-order valence-corrected chi connectivity index (χ4v) is 1.71. The van der Waals surface area contributed by atoms with Gasteiger partial charge in [-0.25, -0.2) is 0 Å². The highest BCUT2D eigenvalue weighted by molar-refractivity contribution is 5.88. The van der Waals surface area contributed by atoms with Gasteiger partial charge in [0.2, 0.25) is 0 Å².